The number of piperidine rings is 1. The molecule has 3 rings (SSSR count). The molecule has 5 nitrogen and oxygen atoms in total. The number of rotatable bonds is 5. The first-order valence-corrected chi connectivity index (χ1v) is 9.64. The summed E-state index contributed by atoms with van der Waals surface area (Å²) >= 11 is 1.64. The number of amides is 1. The molecule has 1 aromatic heterocycles. The summed E-state index contributed by atoms with van der Waals surface area (Å²) in [5.74, 6) is 0.892. The number of hydrogen-bond donors (Lipinski definition) is 1. The van der Waals surface area contributed by atoms with Crippen LogP contribution in [-0.2, 0) is 0 Å². The number of carbonyl (C=O) groups excluding carboxylic acids is 1. The first-order valence-electron chi connectivity index (χ1n) is 8.42. The Morgan fingerprint density at radius 2 is 2.08 bits per heavy atom. The average molecular weight is 357 g/mol. The van der Waals surface area contributed by atoms with Crippen molar-refractivity contribution in [2.75, 3.05) is 26.4 Å². The van der Waals surface area contributed by atoms with Gasteiger partial charge in [0, 0.05) is 17.1 Å². The molecular formula is C19H23N3O2S. The van der Waals surface area contributed by atoms with Gasteiger partial charge in [-0.25, -0.2) is 4.98 Å². The van der Waals surface area contributed by atoms with Crippen LogP contribution in [0.2, 0.25) is 0 Å². The monoisotopic (exact) mass is 357 g/mol. The third kappa shape index (κ3) is 4.74. The summed E-state index contributed by atoms with van der Waals surface area (Å²) < 4.78 is 5.89. The predicted octanol–water partition coefficient (Wildman–Crippen LogP) is 3.42. The van der Waals surface area contributed by atoms with Crippen molar-refractivity contribution in [3.8, 4) is 11.6 Å². The lowest BCUT2D eigenvalue weighted by Crippen LogP contribution is -2.43. The fourth-order valence-corrected chi connectivity index (χ4v) is 3.29. The molecule has 1 aromatic carbocycles. The van der Waals surface area contributed by atoms with Gasteiger partial charge in [-0.05, 0) is 69.6 Å². The minimum atomic E-state index is -0.126. The topological polar surface area (TPSA) is 54.5 Å². The van der Waals surface area contributed by atoms with Gasteiger partial charge in [0.05, 0.1) is 0 Å². The van der Waals surface area contributed by atoms with Gasteiger partial charge in [0.15, 0.2) is 0 Å². The Morgan fingerprint density at radius 1 is 1.28 bits per heavy atom. The van der Waals surface area contributed by atoms with E-state index in [4.69, 9.17) is 4.74 Å². The molecule has 0 bridgehead atoms. The molecule has 0 saturated carbocycles. The lowest BCUT2D eigenvalue weighted by molar-refractivity contribution is 0.0914. The lowest BCUT2D eigenvalue weighted by Gasteiger charge is -2.29. The van der Waals surface area contributed by atoms with Crippen LogP contribution < -0.4 is 10.1 Å². The van der Waals surface area contributed by atoms with Gasteiger partial charge >= 0.3 is 0 Å². The maximum atomic E-state index is 12.7. The smallest absolute Gasteiger partial charge is 0.257 e. The Labute approximate surface area is 152 Å². The van der Waals surface area contributed by atoms with Gasteiger partial charge in [0.25, 0.3) is 5.91 Å². The number of likely N-dealkylation sites (tertiary alicyclic amines) is 1. The van der Waals surface area contributed by atoms with Crippen LogP contribution in [0, 0.1) is 0 Å². The molecule has 2 heterocycles. The van der Waals surface area contributed by atoms with Gasteiger partial charge in [-0.15, -0.1) is 11.8 Å². The molecule has 132 valence electrons. The molecule has 0 unspecified atom stereocenters. The summed E-state index contributed by atoms with van der Waals surface area (Å²) in [4.78, 5) is 20.3. The number of pyridine rings is 1. The normalized spacial score (nSPS) is 15.8. The van der Waals surface area contributed by atoms with Crippen LogP contribution in [0.4, 0.5) is 0 Å². The van der Waals surface area contributed by atoms with E-state index >= 15 is 0 Å². The summed E-state index contributed by atoms with van der Waals surface area (Å²) in [5, 5.41) is 3.11. The highest BCUT2D eigenvalue weighted by Gasteiger charge is 2.21. The number of nitrogens with one attached hydrogen (secondary N) is 1. The number of carbonyl (C=O) groups is 1. The Hall–Kier alpha value is -2.05. The van der Waals surface area contributed by atoms with E-state index < -0.39 is 0 Å². The summed E-state index contributed by atoms with van der Waals surface area (Å²) in [5.41, 5.74) is 0.469. The maximum absolute atomic E-state index is 12.7. The molecule has 1 fully saturated rings. The van der Waals surface area contributed by atoms with Crippen molar-refractivity contribution in [2.24, 2.45) is 0 Å². The molecule has 0 spiro atoms. The van der Waals surface area contributed by atoms with Crippen LogP contribution in [0.15, 0.2) is 47.5 Å². The van der Waals surface area contributed by atoms with E-state index in [1.807, 2.05) is 30.5 Å². The molecule has 0 aliphatic carbocycles. The zero-order valence-electron chi connectivity index (χ0n) is 14.6. The maximum Gasteiger partial charge on any atom is 0.257 e. The van der Waals surface area contributed by atoms with Gasteiger partial charge in [-0.1, -0.05) is 6.07 Å². The molecule has 0 radical (unpaired) electrons. The quantitative estimate of drug-likeness (QED) is 0.831. The highest BCUT2D eigenvalue weighted by molar-refractivity contribution is 7.98. The predicted molar refractivity (Wildman–Crippen MR) is 101 cm³/mol. The molecule has 1 aliphatic rings. The summed E-state index contributed by atoms with van der Waals surface area (Å²) in [6, 6.07) is 11.5. The van der Waals surface area contributed by atoms with Gasteiger partial charge in [-0.2, -0.15) is 0 Å². The molecule has 1 saturated heterocycles. The second-order valence-corrected chi connectivity index (χ2v) is 7.07. The number of aromatic nitrogens is 1. The molecular weight excluding hydrogens is 334 g/mol. The van der Waals surface area contributed by atoms with Gasteiger partial charge in [-0.3, -0.25) is 4.79 Å². The van der Waals surface area contributed by atoms with Crippen molar-refractivity contribution >= 4 is 17.7 Å². The van der Waals surface area contributed by atoms with Gasteiger partial charge in [0.1, 0.15) is 11.3 Å². The highest BCUT2D eigenvalue weighted by atomic mass is 32.2. The molecule has 2 aromatic rings. The fourth-order valence-electron chi connectivity index (χ4n) is 2.84. The molecule has 1 N–H and O–H groups in total. The Kier molecular flexibility index (Phi) is 5.94. The van der Waals surface area contributed by atoms with Crippen molar-refractivity contribution in [3.05, 3.63) is 48.2 Å². The largest absolute Gasteiger partial charge is 0.438 e. The number of nitrogens with zero attached hydrogens (tertiary/aromatic N) is 2. The van der Waals surface area contributed by atoms with E-state index in [2.05, 4.69) is 22.2 Å². The summed E-state index contributed by atoms with van der Waals surface area (Å²) in [6.07, 6.45) is 5.59. The van der Waals surface area contributed by atoms with Crippen molar-refractivity contribution in [3.63, 3.8) is 0 Å². The Bertz CT molecular complexity index is 730. The summed E-state index contributed by atoms with van der Waals surface area (Å²) in [7, 11) is 2.10. The van der Waals surface area contributed by atoms with Crippen molar-refractivity contribution in [1.82, 2.24) is 15.2 Å². The second-order valence-electron chi connectivity index (χ2n) is 6.19. The van der Waals surface area contributed by atoms with Crippen LogP contribution in [0.5, 0.6) is 11.6 Å². The fraction of sp³-hybridized carbons (Fsp3) is 0.368. The van der Waals surface area contributed by atoms with E-state index in [1.165, 1.54) is 0 Å². The third-order valence-electron chi connectivity index (χ3n) is 4.33. The van der Waals surface area contributed by atoms with E-state index in [0.29, 0.717) is 17.2 Å². The second kappa shape index (κ2) is 8.36. The van der Waals surface area contributed by atoms with E-state index in [-0.39, 0.29) is 11.9 Å². The van der Waals surface area contributed by atoms with Crippen LogP contribution in [-0.4, -0.2) is 48.2 Å². The number of benzene rings is 1. The average Bonchev–Trinajstić information content (AvgIpc) is 2.64. The van der Waals surface area contributed by atoms with E-state index in [0.717, 1.165) is 30.8 Å². The zero-order valence-corrected chi connectivity index (χ0v) is 15.4. The third-order valence-corrected chi connectivity index (χ3v) is 5.05. The van der Waals surface area contributed by atoms with Crippen LogP contribution >= 0.6 is 11.8 Å². The van der Waals surface area contributed by atoms with Gasteiger partial charge < -0.3 is 15.0 Å². The van der Waals surface area contributed by atoms with Crippen LogP contribution in [0.1, 0.15) is 23.2 Å². The first kappa shape index (κ1) is 17.8. The van der Waals surface area contributed by atoms with Crippen molar-refractivity contribution in [1.29, 1.82) is 0 Å². The Morgan fingerprint density at radius 3 is 2.84 bits per heavy atom. The molecule has 1 amide bonds. The van der Waals surface area contributed by atoms with E-state index in [1.54, 1.807) is 30.1 Å². The first-order chi connectivity index (χ1) is 12.2. The highest BCUT2D eigenvalue weighted by Crippen LogP contribution is 2.26. The van der Waals surface area contributed by atoms with Gasteiger partial charge in [0.2, 0.25) is 5.88 Å². The molecule has 0 atom stereocenters. The molecule has 25 heavy (non-hydrogen) atoms. The Balaban J connectivity index is 1.72. The number of thioether (sulfide) groups is 1. The minimum absolute atomic E-state index is 0.126. The van der Waals surface area contributed by atoms with Crippen molar-refractivity contribution in [2.45, 2.75) is 23.8 Å². The standard InChI is InChI=1S/C19H23N3O2S/c1-22-11-8-14(9-12-22)21-18(23)17-7-4-10-20-19(17)24-15-5-3-6-16(13-15)25-2/h3-7,10,13-14H,8-9,11-12H2,1-2H3,(H,21,23). The SMILES string of the molecule is CSc1cccc(Oc2ncccc2C(=O)NC2CCN(C)CC2)c1. The van der Waals surface area contributed by atoms with Crippen LogP contribution in [0.25, 0.3) is 0 Å². The van der Waals surface area contributed by atoms with E-state index in [9.17, 15) is 4.79 Å². The zero-order chi connectivity index (χ0) is 17.6. The number of hydrogen-bond acceptors (Lipinski definition) is 5. The molecule has 1 aliphatic heterocycles. The van der Waals surface area contributed by atoms with Crippen LogP contribution in [0.3, 0.4) is 0 Å². The minimum Gasteiger partial charge on any atom is -0.438 e. The summed E-state index contributed by atoms with van der Waals surface area (Å²) in [6.45, 7) is 2.01. The molecule has 6 heteroatoms. The van der Waals surface area contributed by atoms with Crippen molar-refractivity contribution < 1.29 is 9.53 Å². The lowest BCUT2D eigenvalue weighted by atomic mass is 10.1. The number of ether oxygens (including phenoxy) is 1.